The molecular formula is C22H28N4O4S. The fourth-order valence-corrected chi connectivity index (χ4v) is 5.17. The number of thiophene rings is 1. The van der Waals surface area contributed by atoms with Gasteiger partial charge in [-0.3, -0.25) is 14.4 Å². The van der Waals surface area contributed by atoms with Crippen molar-refractivity contribution in [2.45, 2.75) is 37.5 Å². The molecule has 0 aliphatic carbocycles. The third-order valence-corrected chi connectivity index (χ3v) is 7.00. The molecule has 0 bridgehead atoms. The number of ether oxygens (including phenoxy) is 1. The van der Waals surface area contributed by atoms with Crippen molar-refractivity contribution in [3.05, 3.63) is 50.3 Å². The Kier molecular flexibility index (Phi) is 6.82. The van der Waals surface area contributed by atoms with Gasteiger partial charge in [-0.05, 0) is 37.1 Å². The van der Waals surface area contributed by atoms with Gasteiger partial charge in [0.2, 0.25) is 5.91 Å². The lowest BCUT2D eigenvalue weighted by molar-refractivity contribution is -0.136. The summed E-state index contributed by atoms with van der Waals surface area (Å²) in [5.74, 6) is 0.920. The highest BCUT2D eigenvalue weighted by Gasteiger charge is 2.29. The van der Waals surface area contributed by atoms with Gasteiger partial charge in [0.25, 0.3) is 11.5 Å². The number of aromatic nitrogens is 2. The Morgan fingerprint density at radius 2 is 2.00 bits per heavy atom. The van der Waals surface area contributed by atoms with Crippen molar-refractivity contribution in [2.75, 3.05) is 39.9 Å². The molecule has 4 rings (SSSR count). The van der Waals surface area contributed by atoms with Crippen LogP contribution in [0, 0.1) is 0 Å². The van der Waals surface area contributed by atoms with E-state index in [0.29, 0.717) is 25.5 Å². The number of hydrogen-bond acceptors (Lipinski definition) is 6. The van der Waals surface area contributed by atoms with E-state index in [9.17, 15) is 14.4 Å². The van der Waals surface area contributed by atoms with E-state index in [4.69, 9.17) is 9.72 Å². The average Bonchev–Trinajstić information content (AvgIpc) is 3.33. The number of methoxy groups -OCH3 is 1. The van der Waals surface area contributed by atoms with Gasteiger partial charge >= 0.3 is 0 Å². The van der Waals surface area contributed by atoms with Gasteiger partial charge in [0.15, 0.2) is 0 Å². The van der Waals surface area contributed by atoms with E-state index in [2.05, 4.69) is 4.98 Å². The number of carbonyl (C=O) groups excluding carboxylic acids is 2. The molecule has 2 aliphatic rings. The summed E-state index contributed by atoms with van der Waals surface area (Å²) in [5, 5.41) is 1.91. The zero-order valence-electron chi connectivity index (χ0n) is 17.7. The molecule has 2 aliphatic heterocycles. The Bertz CT molecular complexity index is 966. The molecule has 4 heterocycles. The molecule has 9 heteroatoms. The Labute approximate surface area is 185 Å². The summed E-state index contributed by atoms with van der Waals surface area (Å²) in [6.45, 7) is 2.67. The molecule has 1 unspecified atom stereocenters. The molecule has 1 atom stereocenters. The molecule has 0 saturated carbocycles. The Hall–Kier alpha value is -2.52. The smallest absolute Gasteiger partial charge is 0.263 e. The lowest BCUT2D eigenvalue weighted by Crippen LogP contribution is -2.40. The number of aromatic amines is 1. The normalized spacial score (nSPS) is 20.1. The largest absolute Gasteiger partial charge is 0.375 e. The van der Waals surface area contributed by atoms with Crippen LogP contribution < -0.4 is 5.56 Å². The van der Waals surface area contributed by atoms with Crippen LogP contribution in [-0.4, -0.2) is 71.5 Å². The summed E-state index contributed by atoms with van der Waals surface area (Å²) < 4.78 is 4.94. The van der Waals surface area contributed by atoms with Gasteiger partial charge in [-0.25, -0.2) is 4.98 Å². The van der Waals surface area contributed by atoms with E-state index in [-0.39, 0.29) is 35.8 Å². The van der Waals surface area contributed by atoms with Crippen LogP contribution in [0.2, 0.25) is 0 Å². The lowest BCUT2D eigenvalue weighted by Gasteiger charge is -2.33. The molecule has 31 heavy (non-hydrogen) atoms. The number of nitrogens with one attached hydrogen (secondary N) is 1. The molecule has 2 amide bonds. The second-order valence-corrected chi connectivity index (χ2v) is 9.16. The average molecular weight is 445 g/mol. The second kappa shape index (κ2) is 9.74. The van der Waals surface area contributed by atoms with Crippen molar-refractivity contribution in [3.63, 3.8) is 0 Å². The number of rotatable bonds is 5. The van der Waals surface area contributed by atoms with Gasteiger partial charge in [-0.2, -0.15) is 0 Å². The minimum Gasteiger partial charge on any atom is -0.375 e. The predicted molar refractivity (Wildman–Crippen MR) is 117 cm³/mol. The van der Waals surface area contributed by atoms with Crippen LogP contribution in [0.4, 0.5) is 0 Å². The van der Waals surface area contributed by atoms with Crippen molar-refractivity contribution in [2.24, 2.45) is 0 Å². The summed E-state index contributed by atoms with van der Waals surface area (Å²) in [6, 6.07) is 5.31. The summed E-state index contributed by atoms with van der Waals surface area (Å²) >= 11 is 1.45. The van der Waals surface area contributed by atoms with Crippen LogP contribution in [-0.2, 0) is 9.53 Å². The highest BCUT2D eigenvalue weighted by molar-refractivity contribution is 7.12. The fourth-order valence-electron chi connectivity index (χ4n) is 4.47. The fraction of sp³-hybridized carbons (Fsp3) is 0.545. The van der Waals surface area contributed by atoms with E-state index < -0.39 is 0 Å². The van der Waals surface area contributed by atoms with Crippen LogP contribution in [0.1, 0.15) is 58.7 Å². The first-order chi connectivity index (χ1) is 15.0. The number of hydrogen-bond donors (Lipinski definition) is 1. The number of likely N-dealkylation sites (tertiary alicyclic amines) is 2. The van der Waals surface area contributed by atoms with Crippen LogP contribution in [0.15, 0.2) is 28.4 Å². The molecule has 2 fully saturated rings. The zero-order valence-corrected chi connectivity index (χ0v) is 18.5. The van der Waals surface area contributed by atoms with Crippen LogP contribution in [0.5, 0.6) is 0 Å². The minimum absolute atomic E-state index is 0.00569. The van der Waals surface area contributed by atoms with Crippen LogP contribution in [0.25, 0.3) is 0 Å². The molecule has 8 nitrogen and oxygen atoms in total. The molecule has 1 N–H and O–H groups in total. The first-order valence-electron chi connectivity index (χ1n) is 10.8. The quantitative estimate of drug-likeness (QED) is 0.763. The van der Waals surface area contributed by atoms with E-state index in [1.165, 1.54) is 18.4 Å². The van der Waals surface area contributed by atoms with Gasteiger partial charge in [0.05, 0.1) is 10.6 Å². The highest BCUT2D eigenvalue weighted by atomic mass is 32.1. The van der Waals surface area contributed by atoms with E-state index in [1.54, 1.807) is 11.0 Å². The molecule has 2 saturated heterocycles. The second-order valence-electron chi connectivity index (χ2n) is 8.21. The maximum atomic E-state index is 12.8. The summed E-state index contributed by atoms with van der Waals surface area (Å²) in [5.41, 5.74) is 0.611. The van der Waals surface area contributed by atoms with Gasteiger partial charge < -0.3 is 19.5 Å². The van der Waals surface area contributed by atoms with Crippen molar-refractivity contribution in [1.29, 1.82) is 0 Å². The Morgan fingerprint density at radius 3 is 2.71 bits per heavy atom. The van der Waals surface area contributed by atoms with Crippen molar-refractivity contribution in [1.82, 2.24) is 19.8 Å². The van der Waals surface area contributed by atoms with Crippen molar-refractivity contribution < 1.29 is 14.3 Å². The van der Waals surface area contributed by atoms with Gasteiger partial charge in [0.1, 0.15) is 12.4 Å². The highest BCUT2D eigenvalue weighted by Crippen LogP contribution is 2.29. The first-order valence-corrected chi connectivity index (χ1v) is 11.6. The summed E-state index contributed by atoms with van der Waals surface area (Å²) in [4.78, 5) is 49.3. The van der Waals surface area contributed by atoms with Crippen molar-refractivity contribution in [3.8, 4) is 0 Å². The standard InChI is InChI=1S/C22H28N4O4S/c1-30-14-20(28)25-9-6-15(7-10-25)21-23-17(12-19(27)24-21)16-4-2-8-26(13-16)22(29)18-5-3-11-31-18/h3,5,11-12,15-16H,2,4,6-10,13-14H2,1H3,(H,23,24,27). The third-order valence-electron chi connectivity index (χ3n) is 6.14. The Morgan fingerprint density at radius 1 is 1.19 bits per heavy atom. The number of nitrogens with zero attached hydrogens (tertiary/aromatic N) is 3. The molecule has 0 radical (unpaired) electrons. The number of H-pyrrole nitrogens is 1. The topological polar surface area (TPSA) is 95.6 Å². The molecule has 2 aromatic rings. The van der Waals surface area contributed by atoms with Crippen LogP contribution in [0.3, 0.4) is 0 Å². The zero-order chi connectivity index (χ0) is 21.8. The number of amides is 2. The van der Waals surface area contributed by atoms with Crippen LogP contribution >= 0.6 is 11.3 Å². The van der Waals surface area contributed by atoms with E-state index in [1.807, 2.05) is 22.4 Å². The van der Waals surface area contributed by atoms with Gasteiger partial charge in [0, 0.05) is 51.2 Å². The van der Waals surface area contributed by atoms with E-state index >= 15 is 0 Å². The molecule has 0 spiro atoms. The molecule has 166 valence electrons. The summed E-state index contributed by atoms with van der Waals surface area (Å²) in [6.07, 6.45) is 3.32. The van der Waals surface area contributed by atoms with E-state index in [0.717, 1.165) is 42.8 Å². The molecule has 0 aromatic carbocycles. The third kappa shape index (κ3) is 5.04. The SMILES string of the molecule is COCC(=O)N1CCC(c2nc(C3CCCN(C(=O)c4cccs4)C3)cc(=O)[nH]2)CC1. The maximum Gasteiger partial charge on any atom is 0.263 e. The maximum absolute atomic E-state index is 12.8. The predicted octanol–water partition coefficient (Wildman–Crippen LogP) is 2.20. The van der Waals surface area contributed by atoms with Crippen molar-refractivity contribution >= 4 is 23.2 Å². The molecule has 2 aromatic heterocycles. The summed E-state index contributed by atoms with van der Waals surface area (Å²) in [7, 11) is 1.52. The number of piperidine rings is 2. The monoisotopic (exact) mass is 444 g/mol. The van der Waals surface area contributed by atoms with Gasteiger partial charge in [-0.1, -0.05) is 6.07 Å². The minimum atomic E-state index is -0.153. The molecular weight excluding hydrogens is 416 g/mol. The number of carbonyl (C=O) groups is 2. The Balaban J connectivity index is 1.45. The van der Waals surface area contributed by atoms with Gasteiger partial charge in [-0.15, -0.1) is 11.3 Å². The lowest BCUT2D eigenvalue weighted by atomic mass is 9.92. The first kappa shape index (κ1) is 21.7.